The fourth-order valence-corrected chi connectivity index (χ4v) is 4.60. The van der Waals surface area contributed by atoms with E-state index in [9.17, 15) is 17.6 Å². The Kier molecular flexibility index (Phi) is 4.87. The molecule has 0 aliphatic carbocycles. The summed E-state index contributed by atoms with van der Waals surface area (Å²) in [4.78, 5) is 17.4. The third-order valence-electron chi connectivity index (χ3n) is 3.81. The molecular formula is C15H17FN4O3S2. The van der Waals surface area contributed by atoms with E-state index >= 15 is 0 Å². The topological polar surface area (TPSA) is 82.6 Å². The van der Waals surface area contributed by atoms with Crippen molar-refractivity contribution in [3.8, 4) is 0 Å². The number of nitrogens with zero attached hydrogens (tertiary/aromatic N) is 3. The van der Waals surface area contributed by atoms with Gasteiger partial charge in [-0.3, -0.25) is 10.1 Å². The van der Waals surface area contributed by atoms with Crippen molar-refractivity contribution in [1.82, 2.24) is 13.6 Å². The zero-order chi connectivity index (χ0) is 18.2. The Morgan fingerprint density at radius 2 is 2.00 bits per heavy atom. The smallest absolute Gasteiger partial charge is 0.281 e. The molecule has 2 heterocycles. The number of aromatic nitrogens is 1. The Bertz CT molecular complexity index is 894. The molecule has 1 aromatic carbocycles. The molecule has 0 atom stereocenters. The number of hydrogen-bond donors (Lipinski definition) is 1. The quantitative estimate of drug-likeness (QED) is 0.870. The van der Waals surface area contributed by atoms with Crippen molar-refractivity contribution in [3.05, 3.63) is 46.2 Å². The molecule has 1 aliphatic heterocycles. The van der Waals surface area contributed by atoms with E-state index in [0.717, 1.165) is 10.6 Å². The first-order chi connectivity index (χ1) is 11.8. The van der Waals surface area contributed by atoms with Gasteiger partial charge in [0.15, 0.2) is 5.13 Å². The zero-order valence-corrected chi connectivity index (χ0v) is 15.3. The lowest BCUT2D eigenvalue weighted by Gasteiger charge is -2.27. The van der Waals surface area contributed by atoms with E-state index in [1.165, 1.54) is 58.3 Å². The molecule has 1 aliphatic rings. The Hall–Kier alpha value is -1.88. The van der Waals surface area contributed by atoms with Crippen LogP contribution in [0.2, 0.25) is 0 Å². The number of benzene rings is 1. The molecule has 0 fully saturated rings. The summed E-state index contributed by atoms with van der Waals surface area (Å²) < 4.78 is 39.9. The van der Waals surface area contributed by atoms with Crippen molar-refractivity contribution < 1.29 is 17.6 Å². The molecule has 0 bridgehead atoms. The van der Waals surface area contributed by atoms with Crippen molar-refractivity contribution in [1.29, 1.82) is 0 Å². The molecule has 3 rings (SSSR count). The molecule has 1 amide bonds. The highest BCUT2D eigenvalue weighted by Crippen LogP contribution is 2.30. The van der Waals surface area contributed by atoms with Crippen LogP contribution in [0, 0.1) is 5.82 Å². The van der Waals surface area contributed by atoms with Crippen LogP contribution in [0.5, 0.6) is 0 Å². The monoisotopic (exact) mass is 384 g/mol. The maximum absolute atomic E-state index is 12.9. The third-order valence-corrected chi connectivity index (χ3v) is 6.70. The van der Waals surface area contributed by atoms with E-state index in [4.69, 9.17) is 0 Å². The molecule has 25 heavy (non-hydrogen) atoms. The van der Waals surface area contributed by atoms with Crippen LogP contribution >= 0.6 is 11.3 Å². The van der Waals surface area contributed by atoms with Crippen LogP contribution in [-0.2, 0) is 23.2 Å². The van der Waals surface area contributed by atoms with Crippen molar-refractivity contribution in [2.75, 3.05) is 26.0 Å². The summed E-state index contributed by atoms with van der Waals surface area (Å²) >= 11 is 1.25. The standard InChI is InChI=1S/C15H17FN4O3S2/c1-19(2)25(22,23)20-8-7-12-13(9-20)24-15(17-12)18-14(21)10-3-5-11(16)6-4-10/h3-6H,7-9H2,1-2H3,(H,17,18,21). The Labute approximate surface area is 149 Å². The van der Waals surface area contributed by atoms with Gasteiger partial charge in [-0.05, 0) is 24.3 Å². The van der Waals surface area contributed by atoms with Gasteiger partial charge in [-0.25, -0.2) is 9.37 Å². The summed E-state index contributed by atoms with van der Waals surface area (Å²) in [7, 11) is -0.497. The number of anilines is 1. The summed E-state index contributed by atoms with van der Waals surface area (Å²) in [6, 6.07) is 5.21. The van der Waals surface area contributed by atoms with Gasteiger partial charge in [-0.1, -0.05) is 0 Å². The molecule has 0 spiro atoms. The van der Waals surface area contributed by atoms with Crippen LogP contribution in [-0.4, -0.2) is 48.6 Å². The Morgan fingerprint density at radius 1 is 1.32 bits per heavy atom. The molecule has 7 nitrogen and oxygen atoms in total. The van der Waals surface area contributed by atoms with Crippen LogP contribution in [0.1, 0.15) is 20.9 Å². The summed E-state index contributed by atoms with van der Waals surface area (Å²) in [6.45, 7) is 0.586. The second-order valence-electron chi connectivity index (χ2n) is 5.72. The fourth-order valence-electron chi connectivity index (χ4n) is 2.42. The molecule has 10 heteroatoms. The van der Waals surface area contributed by atoms with Crippen molar-refractivity contribution >= 4 is 32.6 Å². The highest BCUT2D eigenvalue weighted by atomic mass is 32.2. The average Bonchev–Trinajstić information content (AvgIpc) is 2.96. The summed E-state index contributed by atoms with van der Waals surface area (Å²) in [5.74, 6) is -0.799. The first-order valence-corrected chi connectivity index (χ1v) is 9.72. The zero-order valence-electron chi connectivity index (χ0n) is 13.7. The van der Waals surface area contributed by atoms with Gasteiger partial charge < -0.3 is 0 Å². The van der Waals surface area contributed by atoms with Crippen LogP contribution in [0.4, 0.5) is 9.52 Å². The molecule has 1 N–H and O–H groups in total. The van der Waals surface area contributed by atoms with Gasteiger partial charge in [0.05, 0.1) is 12.2 Å². The van der Waals surface area contributed by atoms with Crippen LogP contribution in [0.25, 0.3) is 0 Å². The van der Waals surface area contributed by atoms with E-state index in [1.807, 2.05) is 0 Å². The van der Waals surface area contributed by atoms with E-state index in [-0.39, 0.29) is 12.5 Å². The van der Waals surface area contributed by atoms with E-state index in [1.54, 1.807) is 0 Å². The Morgan fingerprint density at radius 3 is 2.64 bits per heavy atom. The molecule has 0 radical (unpaired) electrons. The molecule has 134 valence electrons. The highest BCUT2D eigenvalue weighted by Gasteiger charge is 2.30. The van der Waals surface area contributed by atoms with Crippen molar-refractivity contribution in [2.24, 2.45) is 0 Å². The molecule has 2 aromatic rings. The minimum absolute atomic E-state index is 0.236. The van der Waals surface area contributed by atoms with Gasteiger partial charge in [-0.2, -0.15) is 17.0 Å². The highest BCUT2D eigenvalue weighted by molar-refractivity contribution is 7.86. The first kappa shape index (κ1) is 17.9. The first-order valence-electron chi connectivity index (χ1n) is 7.50. The average molecular weight is 384 g/mol. The van der Waals surface area contributed by atoms with Gasteiger partial charge in [0, 0.05) is 37.5 Å². The van der Waals surface area contributed by atoms with E-state index < -0.39 is 16.0 Å². The maximum atomic E-state index is 12.9. The fraction of sp³-hybridized carbons (Fsp3) is 0.333. The lowest BCUT2D eigenvalue weighted by atomic mass is 10.2. The van der Waals surface area contributed by atoms with Crippen LogP contribution in [0.3, 0.4) is 0 Å². The second-order valence-corrected chi connectivity index (χ2v) is 8.95. The minimum atomic E-state index is -3.48. The lowest BCUT2D eigenvalue weighted by Crippen LogP contribution is -2.42. The summed E-state index contributed by atoms with van der Waals surface area (Å²) in [5.41, 5.74) is 1.12. The Balaban J connectivity index is 1.74. The molecular weight excluding hydrogens is 367 g/mol. The van der Waals surface area contributed by atoms with Gasteiger partial charge in [-0.15, -0.1) is 11.3 Å². The summed E-state index contributed by atoms with van der Waals surface area (Å²) in [6.07, 6.45) is 0.491. The minimum Gasteiger partial charge on any atom is -0.298 e. The number of amides is 1. The van der Waals surface area contributed by atoms with Gasteiger partial charge >= 0.3 is 0 Å². The van der Waals surface area contributed by atoms with Gasteiger partial charge in [0.25, 0.3) is 16.1 Å². The predicted molar refractivity (Wildman–Crippen MR) is 93.2 cm³/mol. The van der Waals surface area contributed by atoms with Gasteiger partial charge in [0.2, 0.25) is 0 Å². The number of carbonyl (C=O) groups is 1. The van der Waals surface area contributed by atoms with Crippen molar-refractivity contribution in [2.45, 2.75) is 13.0 Å². The number of hydrogen-bond acceptors (Lipinski definition) is 5. The molecule has 0 saturated carbocycles. The normalized spacial score (nSPS) is 15.2. The third kappa shape index (κ3) is 3.71. The number of fused-ring (bicyclic) bond motifs is 1. The number of halogens is 1. The van der Waals surface area contributed by atoms with E-state index in [2.05, 4.69) is 10.3 Å². The summed E-state index contributed by atoms with van der Waals surface area (Å²) in [5, 5.41) is 3.08. The predicted octanol–water partition coefficient (Wildman–Crippen LogP) is 1.70. The van der Waals surface area contributed by atoms with Crippen molar-refractivity contribution in [3.63, 3.8) is 0 Å². The van der Waals surface area contributed by atoms with Crippen LogP contribution < -0.4 is 5.32 Å². The maximum Gasteiger partial charge on any atom is 0.281 e. The number of nitrogens with one attached hydrogen (secondary N) is 1. The number of rotatable bonds is 4. The lowest BCUT2D eigenvalue weighted by molar-refractivity contribution is 0.102. The molecule has 1 aromatic heterocycles. The van der Waals surface area contributed by atoms with Crippen LogP contribution in [0.15, 0.2) is 24.3 Å². The second kappa shape index (κ2) is 6.79. The number of carbonyl (C=O) groups excluding carboxylic acids is 1. The molecule has 0 saturated heterocycles. The SMILES string of the molecule is CN(C)S(=O)(=O)N1CCc2nc(NC(=O)c3ccc(F)cc3)sc2C1. The largest absolute Gasteiger partial charge is 0.298 e. The van der Waals surface area contributed by atoms with Gasteiger partial charge in [0.1, 0.15) is 5.82 Å². The van der Waals surface area contributed by atoms with E-state index in [0.29, 0.717) is 23.7 Å². The number of thiazole rings is 1. The molecule has 0 unspecified atom stereocenters.